The van der Waals surface area contributed by atoms with Gasteiger partial charge in [-0.25, -0.2) is 0 Å². The molecule has 3 aliphatic rings. The number of allylic oxidation sites excluding steroid dienone is 5. The minimum Gasteiger partial charge on any atom is -0.496 e. The summed E-state index contributed by atoms with van der Waals surface area (Å²) in [5, 5.41) is 0. The second-order valence-corrected chi connectivity index (χ2v) is 15.1. The number of carbonyl (C=O) groups excluding carboxylic acids is 1. The van der Waals surface area contributed by atoms with E-state index in [0.717, 1.165) is 53.5 Å². The topological polar surface area (TPSA) is 41.8 Å². The van der Waals surface area contributed by atoms with Gasteiger partial charge < -0.3 is 14.4 Å². The summed E-state index contributed by atoms with van der Waals surface area (Å²) in [5.74, 6) is 2.04. The molecule has 0 spiro atoms. The van der Waals surface area contributed by atoms with Crippen LogP contribution in [0.1, 0.15) is 84.9 Å². The molecule has 0 radical (unpaired) electrons. The Morgan fingerprint density at radius 3 is 2.15 bits per heavy atom. The fourth-order valence-corrected chi connectivity index (χ4v) is 7.59. The van der Waals surface area contributed by atoms with Crippen molar-refractivity contribution in [1.82, 2.24) is 0 Å². The third-order valence-corrected chi connectivity index (χ3v) is 10.0. The second-order valence-electron chi connectivity index (χ2n) is 15.1. The molecule has 5 rings (SSSR count). The second kappa shape index (κ2) is 12.9. The maximum Gasteiger partial charge on any atom is 0.393 e. The lowest BCUT2D eigenvalue weighted by Crippen LogP contribution is -2.33. The summed E-state index contributed by atoms with van der Waals surface area (Å²) in [4.78, 5) is 16.4. The Bertz CT molecular complexity index is 1740. The van der Waals surface area contributed by atoms with Gasteiger partial charge in [0.25, 0.3) is 0 Å². The average molecular weight is 664 g/mol. The fourth-order valence-electron chi connectivity index (χ4n) is 7.59. The van der Waals surface area contributed by atoms with E-state index in [1.165, 1.54) is 0 Å². The number of nitrogens with zero attached hydrogens (tertiary/aromatic N) is 2. The van der Waals surface area contributed by atoms with Crippen LogP contribution in [0.5, 0.6) is 5.75 Å². The van der Waals surface area contributed by atoms with E-state index in [9.17, 15) is 18.0 Å². The number of halogens is 3. The van der Waals surface area contributed by atoms with Gasteiger partial charge in [-0.1, -0.05) is 59.7 Å². The minimum absolute atomic E-state index is 0.138. The summed E-state index contributed by atoms with van der Waals surface area (Å²) in [6, 6.07) is 11.3. The Hall–Kier alpha value is -3.81. The summed E-state index contributed by atoms with van der Waals surface area (Å²) in [5.41, 5.74) is 5.37. The number of alkyl halides is 3. The Balaban J connectivity index is 1.64. The summed E-state index contributed by atoms with van der Waals surface area (Å²) in [6.07, 6.45) is 0.293. The number of Topliss-reactive ketones (excluding diaryl/α,β-unsaturated/α-hetero) is 1. The molecule has 5 nitrogen and oxygen atoms in total. The van der Waals surface area contributed by atoms with Crippen molar-refractivity contribution in [3.8, 4) is 5.75 Å². The summed E-state index contributed by atoms with van der Waals surface area (Å²) < 4.78 is 55.0. The summed E-state index contributed by atoms with van der Waals surface area (Å²) >= 11 is 0. The number of rotatable bonds is 11. The molecule has 2 aliphatic heterocycles. The van der Waals surface area contributed by atoms with E-state index < -0.39 is 23.4 Å². The molecule has 0 atom stereocenters. The van der Waals surface area contributed by atoms with E-state index in [2.05, 4.69) is 57.1 Å². The SMILES string of the molecule is COC1=C(/C=C2\N(CCC(C)C)c3cccc(OC)c3C2(C)C)C(=O)/C1=C/C1=[N+](CCC(C)C)c2cccc(CC(F)(F)F)c2C1(C)C. The molecular formula is C40H50F3N2O3+. The molecule has 0 amide bonds. The van der Waals surface area contributed by atoms with Crippen LogP contribution in [-0.4, -0.2) is 49.6 Å². The van der Waals surface area contributed by atoms with Crippen LogP contribution in [0.25, 0.3) is 0 Å². The van der Waals surface area contributed by atoms with Crippen LogP contribution in [0, 0.1) is 11.8 Å². The van der Waals surface area contributed by atoms with E-state index in [1.807, 2.05) is 44.2 Å². The first-order valence-electron chi connectivity index (χ1n) is 17.0. The highest BCUT2D eigenvalue weighted by molar-refractivity contribution is 6.24. The Kier molecular flexibility index (Phi) is 9.54. The van der Waals surface area contributed by atoms with Gasteiger partial charge in [-0.15, -0.1) is 0 Å². The van der Waals surface area contributed by atoms with E-state index in [1.54, 1.807) is 26.4 Å². The normalized spacial score (nSPS) is 20.0. The lowest BCUT2D eigenvalue weighted by molar-refractivity contribution is -0.439. The van der Waals surface area contributed by atoms with Crippen molar-refractivity contribution in [1.29, 1.82) is 0 Å². The van der Waals surface area contributed by atoms with Gasteiger partial charge in [0.2, 0.25) is 11.5 Å². The summed E-state index contributed by atoms with van der Waals surface area (Å²) in [6.45, 7) is 18.3. The van der Waals surface area contributed by atoms with Crippen molar-refractivity contribution >= 4 is 22.9 Å². The number of benzene rings is 2. The van der Waals surface area contributed by atoms with Crippen molar-refractivity contribution in [2.45, 2.75) is 91.7 Å². The Morgan fingerprint density at radius 1 is 0.875 bits per heavy atom. The van der Waals surface area contributed by atoms with E-state index in [-0.39, 0.29) is 11.3 Å². The van der Waals surface area contributed by atoms with Gasteiger partial charge in [-0.2, -0.15) is 17.7 Å². The van der Waals surface area contributed by atoms with Gasteiger partial charge in [0.1, 0.15) is 18.1 Å². The molecule has 0 N–H and O–H groups in total. The zero-order valence-electron chi connectivity index (χ0n) is 30.1. The molecule has 8 heteroatoms. The third-order valence-electron chi connectivity index (χ3n) is 10.0. The van der Waals surface area contributed by atoms with Crippen molar-refractivity contribution in [2.24, 2.45) is 11.8 Å². The highest BCUT2D eigenvalue weighted by Gasteiger charge is 2.49. The zero-order chi connectivity index (χ0) is 35.3. The van der Waals surface area contributed by atoms with Crippen LogP contribution < -0.4 is 9.64 Å². The number of ketones is 1. The first kappa shape index (κ1) is 35.5. The molecule has 2 aromatic carbocycles. The molecule has 2 aromatic rings. The molecule has 0 unspecified atom stereocenters. The lowest BCUT2D eigenvalue weighted by atomic mass is 9.76. The molecular weight excluding hydrogens is 613 g/mol. The van der Waals surface area contributed by atoms with Crippen LogP contribution in [-0.2, 0) is 26.8 Å². The number of hydrogen-bond donors (Lipinski definition) is 0. The van der Waals surface area contributed by atoms with E-state index in [0.29, 0.717) is 40.8 Å². The van der Waals surface area contributed by atoms with Gasteiger partial charge in [-0.3, -0.25) is 4.79 Å². The van der Waals surface area contributed by atoms with Crippen LogP contribution >= 0.6 is 0 Å². The van der Waals surface area contributed by atoms with Gasteiger partial charge in [0.15, 0.2) is 5.71 Å². The fraction of sp³-hybridized carbons (Fsp3) is 0.500. The molecule has 2 heterocycles. The molecule has 48 heavy (non-hydrogen) atoms. The van der Waals surface area contributed by atoms with Crippen LogP contribution in [0.3, 0.4) is 0 Å². The van der Waals surface area contributed by atoms with E-state index >= 15 is 0 Å². The summed E-state index contributed by atoms with van der Waals surface area (Å²) in [7, 11) is 3.25. The number of anilines is 1. The van der Waals surface area contributed by atoms with Crippen molar-refractivity contribution < 1.29 is 32.0 Å². The number of carbonyl (C=O) groups is 1. The number of ether oxygens (including phenoxy) is 2. The zero-order valence-corrected chi connectivity index (χ0v) is 30.1. The molecule has 0 aromatic heterocycles. The first-order valence-corrected chi connectivity index (χ1v) is 17.0. The monoisotopic (exact) mass is 663 g/mol. The van der Waals surface area contributed by atoms with Crippen molar-refractivity contribution in [3.63, 3.8) is 0 Å². The van der Waals surface area contributed by atoms with Gasteiger partial charge in [-0.05, 0) is 55.9 Å². The lowest BCUT2D eigenvalue weighted by Gasteiger charge is -2.30. The molecule has 0 saturated heterocycles. The molecule has 1 aliphatic carbocycles. The van der Waals surface area contributed by atoms with Crippen LogP contribution in [0.2, 0.25) is 0 Å². The number of fused-ring (bicyclic) bond motifs is 2. The third kappa shape index (κ3) is 6.23. The predicted molar refractivity (Wildman–Crippen MR) is 187 cm³/mol. The quantitative estimate of drug-likeness (QED) is 0.178. The molecule has 0 bridgehead atoms. The standard InChI is InChI=1S/C40H50F3N2O3/c1-24(2)17-19-44-29-14-11-13-26(23-40(41,42)43)34(29)38(5,6)32(44)21-27-36(46)28(37(27)48-10)22-33-39(7,8)35-30(15-12-16-31(35)47-9)45(33)20-18-25(3)4/h11-16,21-22,24-25H,17-20,23H2,1-10H3/q+1. The van der Waals surface area contributed by atoms with Crippen LogP contribution in [0.15, 0.2) is 71.2 Å². The largest absolute Gasteiger partial charge is 0.496 e. The van der Waals surface area contributed by atoms with Crippen molar-refractivity contribution in [3.05, 3.63) is 87.8 Å². The van der Waals surface area contributed by atoms with Gasteiger partial charge in [0.05, 0.1) is 37.2 Å². The highest BCUT2D eigenvalue weighted by atomic mass is 19.4. The molecule has 258 valence electrons. The number of hydrogen-bond acceptors (Lipinski definition) is 4. The maximum atomic E-state index is 14.1. The van der Waals surface area contributed by atoms with Crippen molar-refractivity contribution in [2.75, 3.05) is 32.2 Å². The smallest absolute Gasteiger partial charge is 0.393 e. The van der Waals surface area contributed by atoms with Crippen LogP contribution in [0.4, 0.5) is 24.5 Å². The Labute approximate surface area is 283 Å². The first-order chi connectivity index (χ1) is 22.4. The minimum atomic E-state index is -4.34. The average Bonchev–Trinajstić information content (AvgIpc) is 3.35. The van der Waals surface area contributed by atoms with E-state index in [4.69, 9.17) is 9.47 Å². The molecule has 0 saturated carbocycles. The highest BCUT2D eigenvalue weighted by Crippen LogP contribution is 2.53. The van der Waals surface area contributed by atoms with Gasteiger partial charge in [0, 0.05) is 53.0 Å². The maximum absolute atomic E-state index is 14.1. The molecule has 0 fully saturated rings. The predicted octanol–water partition coefficient (Wildman–Crippen LogP) is 9.36. The Morgan fingerprint density at radius 2 is 1.54 bits per heavy atom. The number of methoxy groups -OCH3 is 2. The van der Waals surface area contributed by atoms with Gasteiger partial charge >= 0.3 is 6.18 Å².